The maximum Gasteiger partial charge on any atom is 0.338 e. The summed E-state index contributed by atoms with van der Waals surface area (Å²) in [5.41, 5.74) is -1.61. The van der Waals surface area contributed by atoms with Gasteiger partial charge in [-0.1, -0.05) is 0 Å². The number of carbonyl (C=O) groups is 4. The molecule has 2 N–H and O–H groups in total. The zero-order chi connectivity index (χ0) is 24.8. The zero-order valence-corrected chi connectivity index (χ0v) is 18.8. The molecule has 0 aliphatic rings. The summed E-state index contributed by atoms with van der Waals surface area (Å²) in [5, 5.41) is 18.1. The van der Waals surface area contributed by atoms with Crippen LogP contribution in [0.2, 0.25) is 0 Å². The van der Waals surface area contributed by atoms with E-state index in [1.807, 2.05) is 0 Å². The molecule has 33 heavy (non-hydrogen) atoms. The molecule has 0 unspecified atom stereocenters. The van der Waals surface area contributed by atoms with Crippen LogP contribution in [-0.2, 0) is 14.2 Å². The van der Waals surface area contributed by atoms with Crippen molar-refractivity contribution in [2.75, 3.05) is 13.2 Å². The second-order valence-corrected chi connectivity index (χ2v) is 8.49. The predicted octanol–water partition coefficient (Wildman–Crippen LogP) is 3.10. The number of rotatable bonds is 9. The lowest BCUT2D eigenvalue weighted by Gasteiger charge is -2.24. The summed E-state index contributed by atoms with van der Waals surface area (Å²) in [5.74, 6) is -3.12. The molecule has 2 aromatic rings. The highest BCUT2D eigenvalue weighted by Gasteiger charge is 2.27. The van der Waals surface area contributed by atoms with Crippen molar-refractivity contribution < 1.29 is 43.6 Å². The number of carboxylic acid groups (broad SMARTS) is 1. The van der Waals surface area contributed by atoms with E-state index in [4.69, 9.17) is 19.3 Å². The Morgan fingerprint density at radius 1 is 0.667 bits per heavy atom. The van der Waals surface area contributed by atoms with Gasteiger partial charge in [-0.25, -0.2) is 19.2 Å². The molecule has 9 nitrogen and oxygen atoms in total. The highest BCUT2D eigenvalue weighted by Crippen LogP contribution is 2.17. The van der Waals surface area contributed by atoms with Gasteiger partial charge < -0.3 is 24.4 Å². The van der Waals surface area contributed by atoms with Gasteiger partial charge in [0.05, 0.1) is 28.9 Å². The van der Waals surface area contributed by atoms with Crippen LogP contribution >= 0.6 is 0 Å². The molecule has 0 radical (unpaired) electrons. The standard InChI is InChI=1S/C24H26O9/c1-23(2,13-25)32-21(29)18-11-9-16(10-12-18)20(28)31-14-24(3,4)33-22(30)17-7-5-15(6-8-17)19(26)27/h5-12,25H,13-14H2,1-4H3,(H,26,27). The molecule has 0 heterocycles. The number of aromatic carboxylic acids is 1. The summed E-state index contributed by atoms with van der Waals surface area (Å²) in [6, 6.07) is 10.8. The Balaban J connectivity index is 1.93. The van der Waals surface area contributed by atoms with E-state index >= 15 is 0 Å². The molecular weight excluding hydrogens is 432 g/mol. The summed E-state index contributed by atoms with van der Waals surface area (Å²) in [4.78, 5) is 47.6. The van der Waals surface area contributed by atoms with Crippen LogP contribution < -0.4 is 0 Å². The second-order valence-electron chi connectivity index (χ2n) is 8.49. The van der Waals surface area contributed by atoms with Crippen LogP contribution in [-0.4, -0.2) is 58.5 Å². The van der Waals surface area contributed by atoms with Gasteiger partial charge in [0.1, 0.15) is 17.8 Å². The number of esters is 3. The van der Waals surface area contributed by atoms with Gasteiger partial charge in [0.25, 0.3) is 0 Å². The predicted molar refractivity (Wildman–Crippen MR) is 116 cm³/mol. The summed E-state index contributed by atoms with van der Waals surface area (Å²) in [6.45, 7) is 5.68. The zero-order valence-electron chi connectivity index (χ0n) is 18.8. The van der Waals surface area contributed by atoms with Gasteiger partial charge in [0.2, 0.25) is 0 Å². The van der Waals surface area contributed by atoms with Gasteiger partial charge in [0.15, 0.2) is 0 Å². The minimum atomic E-state index is -1.15. The van der Waals surface area contributed by atoms with Crippen LogP contribution in [0.5, 0.6) is 0 Å². The van der Waals surface area contributed by atoms with Gasteiger partial charge >= 0.3 is 23.9 Å². The van der Waals surface area contributed by atoms with Crippen molar-refractivity contribution in [3.05, 3.63) is 70.8 Å². The summed E-state index contributed by atoms with van der Waals surface area (Å²) in [7, 11) is 0. The number of hydrogen-bond donors (Lipinski definition) is 2. The molecule has 0 aromatic heterocycles. The normalized spacial score (nSPS) is 11.4. The molecule has 2 aromatic carbocycles. The van der Waals surface area contributed by atoms with E-state index in [0.717, 1.165) is 0 Å². The Morgan fingerprint density at radius 2 is 1.03 bits per heavy atom. The van der Waals surface area contributed by atoms with E-state index in [0.29, 0.717) is 0 Å². The molecule has 9 heteroatoms. The largest absolute Gasteiger partial charge is 0.478 e. The van der Waals surface area contributed by atoms with Crippen LogP contribution in [0, 0.1) is 0 Å². The molecule has 0 saturated heterocycles. The first-order valence-electron chi connectivity index (χ1n) is 10.0. The lowest BCUT2D eigenvalue weighted by molar-refractivity contribution is -0.0370. The van der Waals surface area contributed by atoms with Crippen molar-refractivity contribution >= 4 is 23.9 Å². The monoisotopic (exact) mass is 458 g/mol. The Labute approximate surface area is 190 Å². The van der Waals surface area contributed by atoms with E-state index in [9.17, 15) is 24.3 Å². The Bertz CT molecular complexity index is 1020. The maximum atomic E-state index is 12.3. The van der Waals surface area contributed by atoms with Crippen LogP contribution in [0.3, 0.4) is 0 Å². The van der Waals surface area contributed by atoms with Gasteiger partial charge in [-0.15, -0.1) is 0 Å². The maximum absolute atomic E-state index is 12.3. The smallest absolute Gasteiger partial charge is 0.338 e. The molecule has 176 valence electrons. The van der Waals surface area contributed by atoms with E-state index < -0.39 is 35.1 Å². The molecule has 0 fully saturated rings. The molecule has 0 saturated carbocycles. The third kappa shape index (κ3) is 7.43. The number of benzene rings is 2. The van der Waals surface area contributed by atoms with Gasteiger partial charge in [-0.05, 0) is 76.2 Å². The van der Waals surface area contributed by atoms with Crippen LogP contribution in [0.15, 0.2) is 48.5 Å². The molecule has 0 amide bonds. The third-order valence-electron chi connectivity index (χ3n) is 4.39. The first-order chi connectivity index (χ1) is 15.3. The average Bonchev–Trinajstić information content (AvgIpc) is 2.77. The lowest BCUT2D eigenvalue weighted by atomic mass is 10.1. The summed E-state index contributed by atoms with van der Waals surface area (Å²) in [6.07, 6.45) is 0. The first kappa shape index (κ1) is 25.5. The fourth-order valence-electron chi connectivity index (χ4n) is 2.50. The topological polar surface area (TPSA) is 136 Å². The Morgan fingerprint density at radius 3 is 1.42 bits per heavy atom. The summed E-state index contributed by atoms with van der Waals surface area (Å²) < 4.78 is 15.8. The fraction of sp³-hybridized carbons (Fsp3) is 0.333. The molecule has 2 rings (SSSR count). The molecular formula is C24H26O9. The highest BCUT2D eigenvalue weighted by molar-refractivity contribution is 5.94. The minimum Gasteiger partial charge on any atom is -0.478 e. The lowest BCUT2D eigenvalue weighted by Crippen LogP contribution is -2.34. The SMILES string of the molecule is CC(C)(CO)OC(=O)c1ccc(C(=O)OCC(C)(C)OC(=O)c2ccc(C(=O)O)cc2)cc1. The van der Waals surface area contributed by atoms with E-state index in [-0.39, 0.29) is 35.5 Å². The number of ether oxygens (including phenoxy) is 3. The van der Waals surface area contributed by atoms with E-state index in [1.54, 1.807) is 27.7 Å². The highest BCUT2D eigenvalue weighted by atomic mass is 16.6. The number of aliphatic hydroxyl groups is 1. The Kier molecular flexibility index (Phi) is 7.94. The van der Waals surface area contributed by atoms with E-state index in [1.165, 1.54) is 48.5 Å². The second kappa shape index (κ2) is 10.3. The fourth-order valence-corrected chi connectivity index (χ4v) is 2.50. The third-order valence-corrected chi connectivity index (χ3v) is 4.39. The van der Waals surface area contributed by atoms with Gasteiger partial charge in [0, 0.05) is 0 Å². The molecule has 0 aliphatic carbocycles. The van der Waals surface area contributed by atoms with E-state index in [2.05, 4.69) is 0 Å². The van der Waals surface area contributed by atoms with Crippen molar-refractivity contribution in [2.24, 2.45) is 0 Å². The number of aliphatic hydroxyl groups excluding tert-OH is 1. The number of hydrogen-bond acceptors (Lipinski definition) is 8. The van der Waals surface area contributed by atoms with Crippen molar-refractivity contribution in [1.29, 1.82) is 0 Å². The molecule has 0 atom stereocenters. The van der Waals surface area contributed by atoms with Crippen LogP contribution in [0.25, 0.3) is 0 Å². The molecule has 0 spiro atoms. The quantitative estimate of drug-likeness (QED) is 0.429. The summed E-state index contributed by atoms with van der Waals surface area (Å²) >= 11 is 0. The van der Waals surface area contributed by atoms with Crippen LogP contribution in [0.4, 0.5) is 0 Å². The van der Waals surface area contributed by atoms with Crippen LogP contribution in [0.1, 0.15) is 69.1 Å². The minimum absolute atomic E-state index is 0.0381. The Hall–Kier alpha value is -3.72. The van der Waals surface area contributed by atoms with Crippen molar-refractivity contribution in [3.63, 3.8) is 0 Å². The van der Waals surface area contributed by atoms with Gasteiger partial charge in [-0.2, -0.15) is 0 Å². The number of carboxylic acids is 1. The van der Waals surface area contributed by atoms with Crippen molar-refractivity contribution in [3.8, 4) is 0 Å². The molecule has 0 bridgehead atoms. The number of carbonyl (C=O) groups excluding carboxylic acids is 3. The average molecular weight is 458 g/mol. The first-order valence-corrected chi connectivity index (χ1v) is 10.0. The van der Waals surface area contributed by atoms with Crippen molar-refractivity contribution in [2.45, 2.75) is 38.9 Å². The molecule has 0 aliphatic heterocycles. The van der Waals surface area contributed by atoms with Crippen molar-refractivity contribution in [1.82, 2.24) is 0 Å². The van der Waals surface area contributed by atoms with Gasteiger partial charge in [-0.3, -0.25) is 0 Å².